The molecule has 0 aliphatic carbocycles. The van der Waals surface area contributed by atoms with Crippen LogP contribution in [0.1, 0.15) is 50.1 Å². The lowest BCUT2D eigenvalue weighted by atomic mass is 9.79. The number of benzene rings is 3. The van der Waals surface area contributed by atoms with Crippen molar-refractivity contribution in [1.82, 2.24) is 29.0 Å². The van der Waals surface area contributed by atoms with Crippen molar-refractivity contribution in [3.8, 4) is 11.1 Å². The van der Waals surface area contributed by atoms with Gasteiger partial charge in [-0.1, -0.05) is 42.5 Å². The molecule has 0 radical (unpaired) electrons. The third-order valence-electron chi connectivity index (χ3n) is 11.7. The number of likely N-dealkylation sites (tertiary alicyclic amines) is 3. The van der Waals surface area contributed by atoms with Gasteiger partial charge in [0, 0.05) is 53.2 Å². The zero-order chi connectivity index (χ0) is 38.9. The molecule has 0 unspecified atom stereocenters. The lowest BCUT2D eigenvalue weighted by molar-refractivity contribution is -0.134. The number of fused-ring (bicyclic) bond motifs is 1. The summed E-state index contributed by atoms with van der Waals surface area (Å²) < 4.78 is 31.5. The maximum absolute atomic E-state index is 14.5. The predicted molar refractivity (Wildman–Crippen MR) is 227 cm³/mol. The van der Waals surface area contributed by atoms with E-state index in [1.807, 2.05) is 75.0 Å². The van der Waals surface area contributed by atoms with Gasteiger partial charge < -0.3 is 25.4 Å². The minimum Gasteiger partial charge on any atom is -0.397 e. The fourth-order valence-electron chi connectivity index (χ4n) is 8.66. The number of rotatable bonds is 8. The van der Waals surface area contributed by atoms with Gasteiger partial charge >= 0.3 is 5.69 Å². The van der Waals surface area contributed by atoms with Crippen molar-refractivity contribution in [2.45, 2.75) is 57.0 Å². The minimum atomic E-state index is -3.75. The molecule has 1 atom stereocenters. The number of nitrogens with zero attached hydrogens (tertiary/aromatic N) is 5. The lowest BCUT2D eigenvalue weighted by Gasteiger charge is -2.40. The first-order valence-corrected chi connectivity index (χ1v) is 22.6. The molecule has 3 aromatic carbocycles. The van der Waals surface area contributed by atoms with Gasteiger partial charge in [-0.3, -0.25) is 14.1 Å². The number of anilines is 1. The molecule has 55 heavy (non-hydrogen) atoms. The standard InChI is InChI=1S/C40H50Br2N8O4S/c1-47-17-11-27(12-18-47)28-13-19-48(20-14-28)38(51)34(25-26-23-32(41)36(43)33(42)24-26)44-39(46-55(2,53)54)49-21-15-30(16-22-49)50-35-10-6-9-31(37(35)45-40(50)52)29-7-4-3-5-8-29/h3-10,23-24,27-28,30,34H,11-22,25,43H2,1-2H3,(H,44,46)(H,45,52)/t34-/m0/s1. The topological polar surface area (TPSA) is 149 Å². The summed E-state index contributed by atoms with van der Waals surface area (Å²) in [4.78, 5) is 42.2. The van der Waals surface area contributed by atoms with Gasteiger partial charge in [-0.25, -0.2) is 18.2 Å². The summed E-state index contributed by atoms with van der Waals surface area (Å²) in [5.41, 5.74) is 11.0. The molecular weight excluding hydrogens is 848 g/mol. The molecule has 7 rings (SSSR count). The number of nitrogens with two attached hydrogens (primary N) is 1. The molecule has 0 spiro atoms. The van der Waals surface area contributed by atoms with Gasteiger partial charge in [0.25, 0.3) is 0 Å². The number of sulfonamides is 1. The van der Waals surface area contributed by atoms with Crippen molar-refractivity contribution in [2.75, 3.05) is 58.3 Å². The number of hydrogen-bond donors (Lipinski definition) is 3. The highest BCUT2D eigenvalue weighted by molar-refractivity contribution is 9.11. The molecular formula is C40H50Br2N8O4S. The van der Waals surface area contributed by atoms with E-state index in [0.29, 0.717) is 65.5 Å². The molecule has 4 heterocycles. The van der Waals surface area contributed by atoms with Crippen LogP contribution in [0.25, 0.3) is 22.2 Å². The molecule has 3 saturated heterocycles. The van der Waals surface area contributed by atoms with E-state index in [9.17, 15) is 18.0 Å². The molecule has 1 amide bonds. The average molecular weight is 899 g/mol. The van der Waals surface area contributed by atoms with Crippen LogP contribution in [-0.2, 0) is 21.2 Å². The Morgan fingerprint density at radius 1 is 0.891 bits per heavy atom. The van der Waals surface area contributed by atoms with E-state index in [1.165, 1.54) is 12.8 Å². The van der Waals surface area contributed by atoms with Crippen LogP contribution in [0.4, 0.5) is 5.69 Å². The summed E-state index contributed by atoms with van der Waals surface area (Å²) in [7, 11) is -1.57. The van der Waals surface area contributed by atoms with Gasteiger partial charge in [-0.2, -0.15) is 0 Å². The van der Waals surface area contributed by atoms with Crippen LogP contribution in [0.5, 0.6) is 0 Å². The van der Waals surface area contributed by atoms with Crippen LogP contribution in [0.15, 0.2) is 79.4 Å². The summed E-state index contributed by atoms with van der Waals surface area (Å²) in [6.45, 7) is 4.42. The number of para-hydroxylation sites is 1. The van der Waals surface area contributed by atoms with E-state index in [1.54, 1.807) is 0 Å². The largest absolute Gasteiger partial charge is 0.397 e. The normalized spacial score (nSPS) is 19.2. The number of imidazole rings is 1. The molecule has 12 nitrogen and oxygen atoms in total. The Bertz CT molecular complexity index is 2180. The van der Waals surface area contributed by atoms with Crippen molar-refractivity contribution >= 4 is 70.5 Å². The van der Waals surface area contributed by atoms with Crippen LogP contribution < -0.4 is 16.1 Å². The van der Waals surface area contributed by atoms with Gasteiger partial charge in [0.05, 0.1) is 23.0 Å². The van der Waals surface area contributed by atoms with Gasteiger partial charge in [-0.15, -0.1) is 0 Å². The number of aromatic nitrogens is 2. The van der Waals surface area contributed by atoms with Crippen LogP contribution in [0.2, 0.25) is 0 Å². The first-order valence-electron chi connectivity index (χ1n) is 19.1. The number of nitrogens with one attached hydrogen (secondary N) is 2. The van der Waals surface area contributed by atoms with Crippen molar-refractivity contribution < 1.29 is 13.2 Å². The van der Waals surface area contributed by atoms with Crippen LogP contribution in [0.3, 0.4) is 0 Å². The highest BCUT2D eigenvalue weighted by Crippen LogP contribution is 2.34. The van der Waals surface area contributed by atoms with E-state index in [4.69, 9.17) is 10.7 Å². The van der Waals surface area contributed by atoms with Crippen molar-refractivity contribution in [3.05, 3.63) is 85.7 Å². The number of nitrogen functional groups attached to an aromatic ring is 1. The molecule has 0 bridgehead atoms. The molecule has 4 aromatic rings. The second-order valence-electron chi connectivity index (χ2n) is 15.4. The van der Waals surface area contributed by atoms with Crippen molar-refractivity contribution in [1.29, 1.82) is 0 Å². The second kappa shape index (κ2) is 16.8. The third kappa shape index (κ3) is 9.16. The summed E-state index contributed by atoms with van der Waals surface area (Å²) >= 11 is 7.09. The fraction of sp³-hybridized carbons (Fsp3) is 0.475. The number of carbonyl (C=O) groups is 1. The molecule has 0 saturated carbocycles. The summed E-state index contributed by atoms with van der Waals surface area (Å²) in [5.74, 6) is 1.31. The number of halogens is 2. The highest BCUT2D eigenvalue weighted by atomic mass is 79.9. The van der Waals surface area contributed by atoms with E-state index >= 15 is 0 Å². The van der Waals surface area contributed by atoms with Gasteiger partial charge in [0.15, 0.2) is 0 Å². The maximum Gasteiger partial charge on any atom is 0.326 e. The monoisotopic (exact) mass is 896 g/mol. The lowest BCUT2D eigenvalue weighted by Crippen LogP contribution is -2.50. The number of amides is 1. The van der Waals surface area contributed by atoms with E-state index in [2.05, 4.69) is 53.5 Å². The summed E-state index contributed by atoms with van der Waals surface area (Å²) in [5, 5.41) is 0. The second-order valence-corrected chi connectivity index (χ2v) is 18.9. The van der Waals surface area contributed by atoms with Crippen molar-refractivity contribution in [2.24, 2.45) is 16.8 Å². The minimum absolute atomic E-state index is 0.115. The van der Waals surface area contributed by atoms with Gasteiger partial charge in [0.1, 0.15) is 6.04 Å². The van der Waals surface area contributed by atoms with E-state index < -0.39 is 16.1 Å². The Kier molecular flexibility index (Phi) is 12.1. The number of H-pyrrole nitrogens is 1. The average Bonchev–Trinajstić information content (AvgIpc) is 3.52. The third-order valence-corrected chi connectivity index (χ3v) is 13.5. The molecule has 3 aliphatic heterocycles. The Hall–Kier alpha value is -3.66. The Morgan fingerprint density at radius 3 is 2.11 bits per heavy atom. The molecule has 1 aromatic heterocycles. The Balaban J connectivity index is 1.14. The zero-order valence-electron chi connectivity index (χ0n) is 31.4. The Morgan fingerprint density at radius 2 is 1.49 bits per heavy atom. The zero-order valence-corrected chi connectivity index (χ0v) is 35.4. The Labute approximate surface area is 339 Å². The first-order chi connectivity index (χ1) is 26.3. The molecule has 294 valence electrons. The number of aliphatic imine (C=N–C) groups is 1. The summed E-state index contributed by atoms with van der Waals surface area (Å²) in [6.07, 6.45) is 6.82. The predicted octanol–water partition coefficient (Wildman–Crippen LogP) is 5.84. The van der Waals surface area contributed by atoms with Crippen LogP contribution in [-0.4, -0.2) is 103 Å². The maximum atomic E-state index is 14.5. The highest BCUT2D eigenvalue weighted by Gasteiger charge is 2.34. The number of hydrogen-bond acceptors (Lipinski definition) is 7. The van der Waals surface area contributed by atoms with Crippen LogP contribution >= 0.6 is 31.9 Å². The van der Waals surface area contributed by atoms with E-state index in [-0.39, 0.29) is 30.0 Å². The van der Waals surface area contributed by atoms with Crippen LogP contribution in [0, 0.1) is 11.8 Å². The molecule has 15 heteroatoms. The quantitative estimate of drug-likeness (QED) is 0.114. The molecule has 4 N–H and O–H groups in total. The number of piperidine rings is 3. The molecule has 3 fully saturated rings. The van der Waals surface area contributed by atoms with Gasteiger partial charge in [0.2, 0.25) is 21.9 Å². The number of aromatic amines is 1. The SMILES string of the molecule is CN1CCC(C2CCN(C(=O)[C@H](Cc3cc(Br)c(N)c(Br)c3)N=C(NS(C)(=O)=O)N3CCC(n4c(=O)[nH]c5c(-c6ccccc6)cccc54)CC3)CC2)CC1. The van der Waals surface area contributed by atoms with Crippen molar-refractivity contribution in [3.63, 3.8) is 0 Å². The summed E-state index contributed by atoms with van der Waals surface area (Å²) in [6, 6.07) is 18.7. The number of carbonyl (C=O) groups excluding carboxylic acids is 1. The number of guanidine groups is 1. The first kappa shape index (κ1) is 39.6. The smallest absolute Gasteiger partial charge is 0.326 e. The fourth-order valence-corrected chi connectivity index (χ4v) is 10.5. The molecule has 3 aliphatic rings. The van der Waals surface area contributed by atoms with E-state index in [0.717, 1.165) is 59.9 Å². The van der Waals surface area contributed by atoms with Gasteiger partial charge in [-0.05, 0) is 132 Å².